The van der Waals surface area contributed by atoms with Gasteiger partial charge in [0.15, 0.2) is 0 Å². The van der Waals surface area contributed by atoms with Crippen LogP contribution in [0.2, 0.25) is 10.0 Å². The summed E-state index contributed by atoms with van der Waals surface area (Å²) < 4.78 is 11.0. The van der Waals surface area contributed by atoms with Gasteiger partial charge in [-0.1, -0.05) is 78.9 Å². The maximum absolute atomic E-state index is 13.9. The minimum absolute atomic E-state index is 0.128. The second kappa shape index (κ2) is 15.7. The van der Waals surface area contributed by atoms with E-state index in [2.05, 4.69) is 5.32 Å². The monoisotopic (exact) mass is 596 g/mol. The topological polar surface area (TPSA) is 67.9 Å². The van der Waals surface area contributed by atoms with Crippen LogP contribution in [-0.2, 0) is 22.6 Å². The molecule has 8 heteroatoms. The molecule has 0 unspecified atom stereocenters. The minimum atomic E-state index is -0.693. The van der Waals surface area contributed by atoms with Crippen LogP contribution >= 0.6 is 23.2 Å². The van der Waals surface area contributed by atoms with Crippen molar-refractivity contribution in [1.29, 1.82) is 0 Å². The van der Waals surface area contributed by atoms with Gasteiger partial charge in [-0.3, -0.25) is 9.59 Å². The molecule has 3 aromatic rings. The van der Waals surface area contributed by atoms with Gasteiger partial charge < -0.3 is 19.7 Å². The molecular weight excluding hydrogens is 559 g/mol. The number of hydrogen-bond donors (Lipinski definition) is 1. The number of halogens is 2. The van der Waals surface area contributed by atoms with E-state index in [1.807, 2.05) is 60.7 Å². The quantitative estimate of drug-likeness (QED) is 0.211. The molecule has 3 aromatic carbocycles. The molecule has 1 atom stereocenters. The van der Waals surface area contributed by atoms with E-state index < -0.39 is 6.04 Å². The van der Waals surface area contributed by atoms with Gasteiger partial charge in [0, 0.05) is 35.5 Å². The Hall–Kier alpha value is -3.22. The van der Waals surface area contributed by atoms with Crippen LogP contribution in [0.25, 0.3) is 0 Å². The number of methoxy groups -OCH3 is 1. The Balaban J connectivity index is 1.53. The van der Waals surface area contributed by atoms with E-state index in [0.717, 1.165) is 42.6 Å². The van der Waals surface area contributed by atoms with Crippen LogP contribution in [0.15, 0.2) is 72.8 Å². The summed E-state index contributed by atoms with van der Waals surface area (Å²) in [7, 11) is 1.62. The molecule has 0 bridgehead atoms. The zero-order valence-corrected chi connectivity index (χ0v) is 25.0. The summed E-state index contributed by atoms with van der Waals surface area (Å²) in [5.74, 6) is 1.19. The number of nitrogens with one attached hydrogen (secondary N) is 1. The van der Waals surface area contributed by atoms with Crippen molar-refractivity contribution in [2.45, 2.75) is 70.0 Å². The molecule has 0 spiro atoms. The molecular formula is C33H38Cl2N2O4. The number of amides is 2. The second-order valence-corrected chi connectivity index (χ2v) is 11.3. The smallest absolute Gasteiger partial charge is 0.243 e. The zero-order chi connectivity index (χ0) is 29.0. The molecule has 1 aliphatic rings. The van der Waals surface area contributed by atoms with Gasteiger partial charge in [0.05, 0.1) is 13.7 Å². The molecule has 4 rings (SSSR count). The van der Waals surface area contributed by atoms with Crippen LogP contribution in [0.1, 0.15) is 56.1 Å². The molecule has 1 fully saturated rings. The van der Waals surface area contributed by atoms with Gasteiger partial charge in [0.1, 0.15) is 17.5 Å². The van der Waals surface area contributed by atoms with E-state index in [0.29, 0.717) is 35.2 Å². The van der Waals surface area contributed by atoms with Crippen LogP contribution in [-0.4, -0.2) is 42.5 Å². The summed E-state index contributed by atoms with van der Waals surface area (Å²) in [6, 6.07) is 21.8. The average molecular weight is 598 g/mol. The first-order valence-electron chi connectivity index (χ1n) is 14.3. The molecule has 1 aliphatic carbocycles. The lowest BCUT2D eigenvalue weighted by molar-refractivity contribution is -0.141. The van der Waals surface area contributed by atoms with E-state index in [-0.39, 0.29) is 30.8 Å². The standard InChI is InChI=1S/C33H38Cl2N2O4/c1-40-28-16-18-29(19-17-28)41-20-8-13-32(38)37(23-25-14-15-26(34)22-30(25)35)31(21-24-9-4-2-5-10-24)33(39)36-27-11-6-3-7-12-27/h2,4-5,9-10,14-19,22,27,31H,3,6-8,11-13,20-21,23H2,1H3,(H,36,39)/t31-/m1/s1. The lowest BCUT2D eigenvalue weighted by atomic mass is 9.94. The van der Waals surface area contributed by atoms with E-state index in [1.165, 1.54) is 6.42 Å². The fourth-order valence-corrected chi connectivity index (χ4v) is 5.63. The Morgan fingerprint density at radius 3 is 2.34 bits per heavy atom. The maximum atomic E-state index is 13.9. The SMILES string of the molecule is COc1ccc(OCCCC(=O)N(Cc2ccc(Cl)cc2Cl)[C@H](Cc2ccccc2)C(=O)NC2CCCCC2)cc1. The van der Waals surface area contributed by atoms with Crippen molar-refractivity contribution in [1.82, 2.24) is 10.2 Å². The van der Waals surface area contributed by atoms with Crippen molar-refractivity contribution >= 4 is 35.0 Å². The zero-order valence-electron chi connectivity index (χ0n) is 23.5. The molecule has 0 saturated heterocycles. The van der Waals surface area contributed by atoms with Crippen molar-refractivity contribution in [2.75, 3.05) is 13.7 Å². The molecule has 0 aliphatic heterocycles. The fourth-order valence-electron chi connectivity index (χ4n) is 5.16. The molecule has 41 heavy (non-hydrogen) atoms. The molecule has 6 nitrogen and oxygen atoms in total. The van der Waals surface area contributed by atoms with E-state index in [4.69, 9.17) is 32.7 Å². The highest BCUT2D eigenvalue weighted by Gasteiger charge is 2.32. The van der Waals surface area contributed by atoms with Crippen molar-refractivity contribution < 1.29 is 19.1 Å². The molecule has 0 heterocycles. The largest absolute Gasteiger partial charge is 0.497 e. The summed E-state index contributed by atoms with van der Waals surface area (Å²) in [5.41, 5.74) is 1.72. The molecule has 1 N–H and O–H groups in total. The van der Waals surface area contributed by atoms with Gasteiger partial charge in [-0.25, -0.2) is 0 Å². The Morgan fingerprint density at radius 2 is 1.66 bits per heavy atom. The Kier molecular flexibility index (Phi) is 11.8. The van der Waals surface area contributed by atoms with Gasteiger partial charge in [-0.05, 0) is 66.8 Å². The van der Waals surface area contributed by atoms with Crippen LogP contribution in [0, 0.1) is 0 Å². The van der Waals surface area contributed by atoms with Crippen LogP contribution < -0.4 is 14.8 Å². The van der Waals surface area contributed by atoms with Gasteiger partial charge in [-0.2, -0.15) is 0 Å². The van der Waals surface area contributed by atoms with Gasteiger partial charge >= 0.3 is 0 Å². The van der Waals surface area contributed by atoms with Gasteiger partial charge in [0.25, 0.3) is 0 Å². The van der Waals surface area contributed by atoms with Crippen molar-refractivity contribution in [3.8, 4) is 11.5 Å². The number of nitrogens with zero attached hydrogens (tertiary/aromatic N) is 1. The molecule has 0 radical (unpaired) electrons. The number of benzene rings is 3. The third kappa shape index (κ3) is 9.40. The summed E-state index contributed by atoms with van der Waals surface area (Å²) in [4.78, 5) is 29.4. The van der Waals surface area contributed by atoms with Gasteiger partial charge in [-0.15, -0.1) is 0 Å². The lowest BCUT2D eigenvalue weighted by Crippen LogP contribution is -2.52. The first-order chi connectivity index (χ1) is 19.9. The highest BCUT2D eigenvalue weighted by molar-refractivity contribution is 6.35. The third-order valence-corrected chi connectivity index (χ3v) is 8.03. The number of ether oxygens (including phenoxy) is 2. The fraction of sp³-hybridized carbons (Fsp3) is 0.394. The van der Waals surface area contributed by atoms with Crippen molar-refractivity contribution in [2.24, 2.45) is 0 Å². The number of carbonyl (C=O) groups is 2. The van der Waals surface area contributed by atoms with Crippen molar-refractivity contribution in [3.63, 3.8) is 0 Å². The Labute approximate surface area is 252 Å². The Morgan fingerprint density at radius 1 is 0.951 bits per heavy atom. The summed E-state index contributed by atoms with van der Waals surface area (Å²) in [5, 5.41) is 4.24. The summed E-state index contributed by atoms with van der Waals surface area (Å²) >= 11 is 12.7. The third-order valence-electron chi connectivity index (χ3n) is 7.44. The predicted octanol–water partition coefficient (Wildman–Crippen LogP) is 7.25. The maximum Gasteiger partial charge on any atom is 0.243 e. The molecule has 0 aromatic heterocycles. The van der Waals surface area contributed by atoms with E-state index in [1.54, 1.807) is 24.1 Å². The number of rotatable bonds is 13. The van der Waals surface area contributed by atoms with Crippen molar-refractivity contribution in [3.05, 3.63) is 94.0 Å². The molecule has 218 valence electrons. The first kappa shape index (κ1) is 30.7. The first-order valence-corrected chi connectivity index (χ1v) is 15.0. The van der Waals surface area contributed by atoms with Crippen LogP contribution in [0.4, 0.5) is 0 Å². The van der Waals surface area contributed by atoms with Crippen LogP contribution in [0.5, 0.6) is 11.5 Å². The summed E-state index contributed by atoms with van der Waals surface area (Å²) in [6.07, 6.45) is 6.45. The predicted molar refractivity (Wildman–Crippen MR) is 164 cm³/mol. The number of carbonyl (C=O) groups excluding carboxylic acids is 2. The number of hydrogen-bond acceptors (Lipinski definition) is 4. The highest BCUT2D eigenvalue weighted by Crippen LogP contribution is 2.25. The van der Waals surface area contributed by atoms with E-state index in [9.17, 15) is 9.59 Å². The second-order valence-electron chi connectivity index (χ2n) is 10.4. The molecule has 1 saturated carbocycles. The summed E-state index contributed by atoms with van der Waals surface area (Å²) in [6.45, 7) is 0.564. The van der Waals surface area contributed by atoms with Gasteiger partial charge in [0.2, 0.25) is 11.8 Å². The lowest BCUT2D eigenvalue weighted by Gasteiger charge is -2.33. The average Bonchev–Trinajstić information content (AvgIpc) is 2.99. The normalized spacial score (nSPS) is 14.2. The minimum Gasteiger partial charge on any atom is -0.497 e. The highest BCUT2D eigenvalue weighted by atomic mass is 35.5. The molecule has 2 amide bonds. The Bertz CT molecular complexity index is 1260. The van der Waals surface area contributed by atoms with E-state index >= 15 is 0 Å². The van der Waals surface area contributed by atoms with Crippen LogP contribution in [0.3, 0.4) is 0 Å².